The maximum atomic E-state index is 12.2. The zero-order chi connectivity index (χ0) is 16.0. The highest BCUT2D eigenvalue weighted by atomic mass is 79.9. The molecule has 0 bridgehead atoms. The molecular formula is C14H21BrN2O3S. The van der Waals surface area contributed by atoms with Crippen molar-refractivity contribution in [2.24, 2.45) is 0 Å². The second-order valence-corrected chi connectivity index (χ2v) is 7.62. The van der Waals surface area contributed by atoms with Crippen LogP contribution in [0.15, 0.2) is 33.6 Å². The Labute approximate surface area is 134 Å². The minimum Gasteiger partial charge on any atom is -0.352 e. The highest BCUT2D eigenvalue weighted by molar-refractivity contribution is 9.10. The third-order valence-electron chi connectivity index (χ3n) is 2.96. The predicted octanol–water partition coefficient (Wildman–Crippen LogP) is 2.42. The Hall–Kier alpha value is -0.920. The van der Waals surface area contributed by atoms with Crippen LogP contribution in [0.3, 0.4) is 0 Å². The summed E-state index contributed by atoms with van der Waals surface area (Å²) in [5.41, 5.74) is 0. The molecule has 1 aromatic carbocycles. The molecule has 0 aliphatic rings. The van der Waals surface area contributed by atoms with Crippen molar-refractivity contribution in [3.63, 3.8) is 0 Å². The molecule has 5 nitrogen and oxygen atoms in total. The summed E-state index contributed by atoms with van der Waals surface area (Å²) < 4.78 is 27.5. The lowest BCUT2D eigenvalue weighted by molar-refractivity contribution is -0.123. The summed E-state index contributed by atoms with van der Waals surface area (Å²) in [7, 11) is -3.70. The summed E-state index contributed by atoms with van der Waals surface area (Å²) in [6.45, 7) is 5.46. The standard InChI is InChI=1S/C14H21BrN2O3S/c1-4-5-10(2)16-14(18)11(3)17-21(19,20)13-8-6-12(15)7-9-13/h6-11,17H,4-5H2,1-3H3,(H,16,18)/t10-,11-/m1/s1. The molecule has 0 fully saturated rings. The molecule has 2 N–H and O–H groups in total. The quantitative estimate of drug-likeness (QED) is 0.766. The van der Waals surface area contributed by atoms with E-state index in [1.54, 1.807) is 12.1 Å². The van der Waals surface area contributed by atoms with E-state index in [0.717, 1.165) is 17.3 Å². The molecule has 0 spiro atoms. The number of nitrogens with one attached hydrogen (secondary N) is 2. The van der Waals surface area contributed by atoms with E-state index in [1.165, 1.54) is 19.1 Å². The second kappa shape index (κ2) is 7.91. The number of carbonyl (C=O) groups is 1. The van der Waals surface area contributed by atoms with Crippen LogP contribution in [0.4, 0.5) is 0 Å². The third-order valence-corrected chi connectivity index (χ3v) is 5.04. The molecule has 0 saturated carbocycles. The molecule has 1 aromatic rings. The van der Waals surface area contributed by atoms with Crippen LogP contribution in [0.1, 0.15) is 33.6 Å². The fraction of sp³-hybridized carbons (Fsp3) is 0.500. The smallest absolute Gasteiger partial charge is 0.241 e. The zero-order valence-electron chi connectivity index (χ0n) is 12.4. The highest BCUT2D eigenvalue weighted by Crippen LogP contribution is 2.14. The van der Waals surface area contributed by atoms with Gasteiger partial charge in [0, 0.05) is 10.5 Å². The molecule has 0 saturated heterocycles. The Morgan fingerprint density at radius 1 is 1.24 bits per heavy atom. The summed E-state index contributed by atoms with van der Waals surface area (Å²) in [4.78, 5) is 12.1. The van der Waals surface area contributed by atoms with Crippen LogP contribution < -0.4 is 10.0 Å². The number of hydrogen-bond donors (Lipinski definition) is 2. The normalized spacial score (nSPS) is 14.5. The molecule has 0 heterocycles. The monoisotopic (exact) mass is 376 g/mol. The van der Waals surface area contributed by atoms with Crippen molar-refractivity contribution in [2.45, 2.75) is 50.6 Å². The number of sulfonamides is 1. The SMILES string of the molecule is CCC[C@@H](C)NC(=O)[C@@H](C)NS(=O)(=O)c1ccc(Br)cc1. The number of halogens is 1. The molecule has 1 amide bonds. The zero-order valence-corrected chi connectivity index (χ0v) is 14.8. The van der Waals surface area contributed by atoms with Gasteiger partial charge in [-0.3, -0.25) is 4.79 Å². The summed E-state index contributed by atoms with van der Waals surface area (Å²) >= 11 is 3.25. The van der Waals surface area contributed by atoms with E-state index in [1.807, 2.05) is 13.8 Å². The predicted molar refractivity (Wildman–Crippen MR) is 86.4 cm³/mol. The molecule has 2 atom stereocenters. The fourth-order valence-corrected chi connectivity index (χ4v) is 3.31. The lowest BCUT2D eigenvalue weighted by Crippen LogP contribution is -2.47. The summed E-state index contributed by atoms with van der Waals surface area (Å²) in [5.74, 6) is -0.323. The number of hydrogen-bond acceptors (Lipinski definition) is 3. The highest BCUT2D eigenvalue weighted by Gasteiger charge is 2.22. The van der Waals surface area contributed by atoms with Crippen molar-refractivity contribution >= 4 is 31.9 Å². The lowest BCUT2D eigenvalue weighted by atomic mass is 10.2. The van der Waals surface area contributed by atoms with Gasteiger partial charge in [-0.25, -0.2) is 8.42 Å². The van der Waals surface area contributed by atoms with Gasteiger partial charge in [0.1, 0.15) is 0 Å². The van der Waals surface area contributed by atoms with E-state index in [4.69, 9.17) is 0 Å². The van der Waals surface area contributed by atoms with Crippen molar-refractivity contribution in [2.75, 3.05) is 0 Å². The van der Waals surface area contributed by atoms with Crippen LogP contribution in [0.2, 0.25) is 0 Å². The molecule has 0 radical (unpaired) electrons. The van der Waals surface area contributed by atoms with E-state index in [2.05, 4.69) is 26.0 Å². The van der Waals surface area contributed by atoms with Gasteiger partial charge >= 0.3 is 0 Å². The number of amides is 1. The van der Waals surface area contributed by atoms with Crippen LogP contribution >= 0.6 is 15.9 Å². The van der Waals surface area contributed by atoms with Crippen molar-refractivity contribution in [1.29, 1.82) is 0 Å². The van der Waals surface area contributed by atoms with Crippen LogP contribution in [0.25, 0.3) is 0 Å². The maximum absolute atomic E-state index is 12.2. The van der Waals surface area contributed by atoms with E-state index in [0.29, 0.717) is 0 Å². The van der Waals surface area contributed by atoms with Gasteiger partial charge in [-0.15, -0.1) is 0 Å². The summed E-state index contributed by atoms with van der Waals surface area (Å²) in [6, 6.07) is 5.46. The molecule has 0 aliphatic carbocycles. The van der Waals surface area contributed by atoms with Gasteiger partial charge in [-0.2, -0.15) is 4.72 Å². The first-order valence-corrected chi connectivity index (χ1v) is 9.12. The first-order chi connectivity index (χ1) is 9.76. The van der Waals surface area contributed by atoms with Crippen molar-refractivity contribution in [3.05, 3.63) is 28.7 Å². The average molecular weight is 377 g/mol. The molecule has 0 aromatic heterocycles. The van der Waals surface area contributed by atoms with Crippen LogP contribution in [-0.2, 0) is 14.8 Å². The number of rotatable bonds is 7. The Balaban J connectivity index is 2.70. The van der Waals surface area contributed by atoms with E-state index in [-0.39, 0.29) is 16.8 Å². The molecule has 7 heteroatoms. The Morgan fingerprint density at radius 2 is 1.81 bits per heavy atom. The summed E-state index contributed by atoms with van der Waals surface area (Å²) in [5, 5.41) is 2.79. The van der Waals surface area contributed by atoms with Crippen molar-refractivity contribution in [1.82, 2.24) is 10.0 Å². The van der Waals surface area contributed by atoms with Gasteiger partial charge in [0.25, 0.3) is 0 Å². The van der Waals surface area contributed by atoms with E-state index < -0.39 is 16.1 Å². The third kappa shape index (κ3) is 5.76. The Bertz CT molecular complexity index is 572. The van der Waals surface area contributed by atoms with Gasteiger partial charge in [0.05, 0.1) is 10.9 Å². The average Bonchev–Trinajstić information content (AvgIpc) is 2.38. The van der Waals surface area contributed by atoms with E-state index >= 15 is 0 Å². The van der Waals surface area contributed by atoms with Crippen LogP contribution in [-0.4, -0.2) is 26.4 Å². The Morgan fingerprint density at radius 3 is 2.33 bits per heavy atom. The summed E-state index contributed by atoms with van der Waals surface area (Å²) in [6.07, 6.45) is 1.82. The molecule has 118 valence electrons. The van der Waals surface area contributed by atoms with Crippen LogP contribution in [0.5, 0.6) is 0 Å². The van der Waals surface area contributed by atoms with Gasteiger partial charge in [-0.1, -0.05) is 29.3 Å². The van der Waals surface area contributed by atoms with Crippen LogP contribution in [0, 0.1) is 0 Å². The van der Waals surface area contributed by atoms with Gasteiger partial charge < -0.3 is 5.32 Å². The van der Waals surface area contributed by atoms with Gasteiger partial charge in [-0.05, 0) is 44.5 Å². The van der Waals surface area contributed by atoms with Gasteiger partial charge in [0.15, 0.2) is 0 Å². The molecule has 1 rings (SSSR count). The molecule has 21 heavy (non-hydrogen) atoms. The lowest BCUT2D eigenvalue weighted by Gasteiger charge is -2.18. The fourth-order valence-electron chi connectivity index (χ4n) is 1.84. The minimum atomic E-state index is -3.70. The topological polar surface area (TPSA) is 75.3 Å². The number of carbonyl (C=O) groups excluding carboxylic acids is 1. The Kier molecular flexibility index (Phi) is 6.83. The minimum absolute atomic E-state index is 0.0298. The largest absolute Gasteiger partial charge is 0.352 e. The second-order valence-electron chi connectivity index (χ2n) is 5.00. The van der Waals surface area contributed by atoms with Gasteiger partial charge in [0.2, 0.25) is 15.9 Å². The first kappa shape index (κ1) is 18.1. The number of benzene rings is 1. The molecule has 0 aliphatic heterocycles. The maximum Gasteiger partial charge on any atom is 0.241 e. The van der Waals surface area contributed by atoms with Crippen molar-refractivity contribution < 1.29 is 13.2 Å². The van der Waals surface area contributed by atoms with Crippen molar-refractivity contribution in [3.8, 4) is 0 Å². The molecular weight excluding hydrogens is 356 g/mol. The molecule has 0 unspecified atom stereocenters. The van der Waals surface area contributed by atoms with E-state index in [9.17, 15) is 13.2 Å². The first-order valence-electron chi connectivity index (χ1n) is 6.84.